The van der Waals surface area contributed by atoms with Gasteiger partial charge in [-0.1, -0.05) is 34.8 Å². The third-order valence-corrected chi connectivity index (χ3v) is 4.16. The van der Waals surface area contributed by atoms with Gasteiger partial charge in [0.15, 0.2) is 0 Å². The summed E-state index contributed by atoms with van der Waals surface area (Å²) in [5, 5.41) is 0. The van der Waals surface area contributed by atoms with Gasteiger partial charge in [-0.2, -0.15) is 0 Å². The summed E-state index contributed by atoms with van der Waals surface area (Å²) in [5.41, 5.74) is 7.52. The van der Waals surface area contributed by atoms with Crippen LogP contribution in [0.25, 0.3) is 0 Å². The van der Waals surface area contributed by atoms with Gasteiger partial charge in [0.05, 0.1) is 7.11 Å². The maximum atomic E-state index is 6.32. The van der Waals surface area contributed by atoms with Crippen molar-refractivity contribution in [2.75, 3.05) is 7.11 Å². The number of nitrogens with two attached hydrogens (primary N) is 1. The first-order valence-corrected chi connectivity index (χ1v) is 6.60. The first-order valence-electron chi connectivity index (χ1n) is 5.81. The lowest BCUT2D eigenvalue weighted by Gasteiger charge is -2.20. The third kappa shape index (κ3) is 2.41. The highest BCUT2D eigenvalue weighted by Crippen LogP contribution is 2.37. The smallest absolute Gasteiger partial charge is 0.120 e. The lowest BCUT2D eigenvalue weighted by atomic mass is 9.92. The molecule has 1 fully saturated rings. The predicted octanol–water partition coefficient (Wildman–Crippen LogP) is 3.65. The molecule has 0 saturated heterocycles. The number of hydrogen-bond acceptors (Lipinski definition) is 2. The van der Waals surface area contributed by atoms with Gasteiger partial charge in [0.25, 0.3) is 0 Å². The molecule has 0 spiro atoms. The number of halogens is 1. The maximum Gasteiger partial charge on any atom is 0.120 e. The fourth-order valence-corrected chi connectivity index (χ4v) is 3.10. The Labute approximate surface area is 105 Å². The summed E-state index contributed by atoms with van der Waals surface area (Å²) in [6, 6.07) is 6.20. The van der Waals surface area contributed by atoms with Gasteiger partial charge in [0, 0.05) is 10.5 Å². The van der Waals surface area contributed by atoms with Crippen molar-refractivity contribution in [3.05, 3.63) is 28.2 Å². The zero-order valence-corrected chi connectivity index (χ0v) is 11.2. The molecular weight excluding hydrogens is 266 g/mol. The quantitative estimate of drug-likeness (QED) is 0.919. The topological polar surface area (TPSA) is 35.2 Å². The van der Waals surface area contributed by atoms with Crippen LogP contribution in [-0.2, 0) is 0 Å². The molecular formula is C13H18BrNO. The van der Waals surface area contributed by atoms with E-state index in [9.17, 15) is 0 Å². The van der Waals surface area contributed by atoms with Crippen LogP contribution in [0.15, 0.2) is 22.7 Å². The Morgan fingerprint density at radius 2 is 2.06 bits per heavy atom. The van der Waals surface area contributed by atoms with Gasteiger partial charge < -0.3 is 10.5 Å². The maximum absolute atomic E-state index is 6.32. The molecule has 2 rings (SSSR count). The van der Waals surface area contributed by atoms with E-state index in [1.807, 2.05) is 12.1 Å². The summed E-state index contributed by atoms with van der Waals surface area (Å²) in [7, 11) is 1.68. The van der Waals surface area contributed by atoms with Crippen LogP contribution in [0.5, 0.6) is 5.75 Å². The molecule has 0 amide bonds. The van der Waals surface area contributed by atoms with Crippen LogP contribution < -0.4 is 10.5 Å². The Bertz CT molecular complexity index is 361. The summed E-state index contributed by atoms with van der Waals surface area (Å²) in [6.45, 7) is 0. The Morgan fingerprint density at radius 1 is 1.38 bits per heavy atom. The van der Waals surface area contributed by atoms with Gasteiger partial charge in [0.1, 0.15) is 5.75 Å². The number of ether oxygens (including phenoxy) is 1. The van der Waals surface area contributed by atoms with Crippen LogP contribution in [0.4, 0.5) is 0 Å². The molecule has 1 saturated carbocycles. The summed E-state index contributed by atoms with van der Waals surface area (Å²) >= 11 is 3.58. The van der Waals surface area contributed by atoms with Crippen LogP contribution in [0.3, 0.4) is 0 Å². The molecule has 0 bridgehead atoms. The van der Waals surface area contributed by atoms with Gasteiger partial charge in [0.2, 0.25) is 0 Å². The molecule has 1 aromatic carbocycles. The lowest BCUT2D eigenvalue weighted by Crippen LogP contribution is -2.19. The molecule has 1 aliphatic carbocycles. The minimum atomic E-state index is 0.155. The highest BCUT2D eigenvalue weighted by atomic mass is 79.9. The fraction of sp³-hybridized carbons (Fsp3) is 0.538. The lowest BCUT2D eigenvalue weighted by molar-refractivity contribution is 0.412. The number of methoxy groups -OCH3 is 1. The van der Waals surface area contributed by atoms with E-state index in [4.69, 9.17) is 10.5 Å². The van der Waals surface area contributed by atoms with E-state index in [-0.39, 0.29) is 6.04 Å². The fourth-order valence-electron chi connectivity index (χ4n) is 2.48. The predicted molar refractivity (Wildman–Crippen MR) is 69.6 cm³/mol. The normalized spacial score (nSPS) is 18.7. The van der Waals surface area contributed by atoms with Crippen molar-refractivity contribution < 1.29 is 4.74 Å². The zero-order valence-electron chi connectivity index (χ0n) is 9.58. The van der Waals surface area contributed by atoms with Gasteiger partial charge in [-0.3, -0.25) is 0 Å². The Balaban J connectivity index is 2.19. The van der Waals surface area contributed by atoms with E-state index >= 15 is 0 Å². The average Bonchev–Trinajstić information content (AvgIpc) is 2.81. The highest BCUT2D eigenvalue weighted by Gasteiger charge is 2.24. The Hall–Kier alpha value is -0.540. The zero-order chi connectivity index (χ0) is 11.5. The molecule has 2 N–H and O–H groups in total. The summed E-state index contributed by atoms with van der Waals surface area (Å²) in [4.78, 5) is 0. The summed E-state index contributed by atoms with van der Waals surface area (Å²) < 4.78 is 6.25. The molecule has 0 aromatic heterocycles. The Kier molecular flexibility index (Phi) is 3.87. The van der Waals surface area contributed by atoms with E-state index < -0.39 is 0 Å². The summed E-state index contributed by atoms with van der Waals surface area (Å²) in [5.74, 6) is 1.51. The molecule has 16 heavy (non-hydrogen) atoms. The van der Waals surface area contributed by atoms with Crippen molar-refractivity contribution >= 4 is 15.9 Å². The van der Waals surface area contributed by atoms with Gasteiger partial charge in [-0.15, -0.1) is 0 Å². The van der Waals surface area contributed by atoms with Crippen molar-refractivity contribution in [2.24, 2.45) is 11.7 Å². The number of rotatable bonds is 3. The van der Waals surface area contributed by atoms with Crippen molar-refractivity contribution in [3.63, 3.8) is 0 Å². The number of benzene rings is 1. The molecule has 0 aliphatic heterocycles. The summed E-state index contributed by atoms with van der Waals surface area (Å²) in [6.07, 6.45) is 5.18. The van der Waals surface area contributed by atoms with Crippen LogP contribution in [-0.4, -0.2) is 7.11 Å². The SMILES string of the molecule is COc1ccc(C(N)C2CCCC2)c(Br)c1. The van der Waals surface area contributed by atoms with Crippen molar-refractivity contribution in [2.45, 2.75) is 31.7 Å². The molecule has 3 heteroatoms. The molecule has 2 nitrogen and oxygen atoms in total. The van der Waals surface area contributed by atoms with Crippen LogP contribution >= 0.6 is 15.9 Å². The number of hydrogen-bond donors (Lipinski definition) is 1. The first-order chi connectivity index (χ1) is 7.72. The molecule has 0 radical (unpaired) electrons. The minimum Gasteiger partial charge on any atom is -0.497 e. The van der Waals surface area contributed by atoms with Crippen LogP contribution in [0, 0.1) is 5.92 Å². The Morgan fingerprint density at radius 3 is 2.62 bits per heavy atom. The average molecular weight is 284 g/mol. The molecule has 1 aliphatic rings. The van der Waals surface area contributed by atoms with E-state index in [0.29, 0.717) is 5.92 Å². The van der Waals surface area contributed by atoms with Gasteiger partial charge >= 0.3 is 0 Å². The molecule has 0 heterocycles. The molecule has 1 aromatic rings. The minimum absolute atomic E-state index is 0.155. The second kappa shape index (κ2) is 5.19. The first kappa shape index (κ1) is 11.9. The monoisotopic (exact) mass is 283 g/mol. The van der Waals surface area contributed by atoms with Crippen LogP contribution in [0.2, 0.25) is 0 Å². The molecule has 88 valence electrons. The van der Waals surface area contributed by atoms with Crippen molar-refractivity contribution in [3.8, 4) is 5.75 Å². The van der Waals surface area contributed by atoms with Gasteiger partial charge in [-0.25, -0.2) is 0 Å². The second-order valence-electron chi connectivity index (χ2n) is 4.46. The van der Waals surface area contributed by atoms with Crippen molar-refractivity contribution in [1.82, 2.24) is 0 Å². The largest absolute Gasteiger partial charge is 0.497 e. The second-order valence-corrected chi connectivity index (χ2v) is 5.31. The van der Waals surface area contributed by atoms with E-state index in [2.05, 4.69) is 22.0 Å². The molecule has 1 unspecified atom stereocenters. The highest BCUT2D eigenvalue weighted by molar-refractivity contribution is 9.10. The molecule has 1 atom stereocenters. The standard InChI is InChI=1S/C13H18BrNO/c1-16-10-6-7-11(12(14)8-10)13(15)9-4-2-3-5-9/h6-9,13H,2-5,15H2,1H3. The van der Waals surface area contributed by atoms with Crippen molar-refractivity contribution in [1.29, 1.82) is 0 Å². The van der Waals surface area contributed by atoms with Gasteiger partial charge in [-0.05, 0) is 36.5 Å². The van der Waals surface area contributed by atoms with E-state index in [1.165, 1.54) is 31.2 Å². The van der Waals surface area contributed by atoms with Crippen LogP contribution in [0.1, 0.15) is 37.3 Å². The van der Waals surface area contributed by atoms with E-state index in [0.717, 1.165) is 10.2 Å². The van der Waals surface area contributed by atoms with E-state index in [1.54, 1.807) is 7.11 Å². The third-order valence-electron chi connectivity index (χ3n) is 3.47.